The number of aliphatic hydroxyl groups is 1. The summed E-state index contributed by atoms with van der Waals surface area (Å²) < 4.78 is 17.9. The number of nitrogens with zero attached hydrogens (tertiary/aromatic N) is 1. The fraction of sp³-hybridized carbons (Fsp3) is 0.545. The first-order valence-corrected chi connectivity index (χ1v) is 10.1. The Balaban J connectivity index is 1.81. The van der Waals surface area contributed by atoms with E-state index in [1.165, 1.54) is 0 Å². The number of rotatable bonds is 6. The zero-order valence-corrected chi connectivity index (χ0v) is 17.5. The molecule has 0 bridgehead atoms. The summed E-state index contributed by atoms with van der Waals surface area (Å²) in [7, 11) is 0. The predicted octanol–water partition coefficient (Wildman–Crippen LogP) is 3.74. The van der Waals surface area contributed by atoms with Crippen molar-refractivity contribution in [3.63, 3.8) is 0 Å². The number of amides is 1. The molecule has 7 nitrogen and oxygen atoms in total. The van der Waals surface area contributed by atoms with Gasteiger partial charge in [-0.2, -0.15) is 0 Å². The number of ether oxygens (including phenoxy) is 3. The van der Waals surface area contributed by atoms with Gasteiger partial charge in [0.1, 0.15) is 12.7 Å². The molecule has 2 aromatic rings. The second kappa shape index (κ2) is 8.86. The first-order valence-electron chi connectivity index (χ1n) is 10.1. The van der Waals surface area contributed by atoms with Crippen molar-refractivity contribution >= 4 is 17.0 Å². The van der Waals surface area contributed by atoms with Crippen molar-refractivity contribution < 1.29 is 24.1 Å². The molecule has 0 radical (unpaired) electrons. The molecule has 158 valence electrons. The van der Waals surface area contributed by atoms with E-state index >= 15 is 0 Å². The lowest BCUT2D eigenvalue weighted by Gasteiger charge is -2.33. The molecular formula is C22H30N2O5. The molecule has 1 aromatic carbocycles. The fourth-order valence-electron chi connectivity index (χ4n) is 3.29. The van der Waals surface area contributed by atoms with E-state index in [0.29, 0.717) is 30.8 Å². The quantitative estimate of drug-likeness (QED) is 0.716. The standard InChI is InChI=1S/C22H30N2O5/c1-14-8-9-15-16(23-14)10-11-18-20(15)28-19(13-27-18)17(7-5-6-12-25)29-21(26)24-22(2,3)4/h8-11,17,19,25H,5-7,12-13H2,1-4H3,(H,24,26)/t17?,19-/m0/s1. The van der Waals surface area contributed by atoms with Crippen LogP contribution in [-0.4, -0.2) is 47.1 Å². The van der Waals surface area contributed by atoms with Crippen LogP contribution >= 0.6 is 0 Å². The van der Waals surface area contributed by atoms with Crippen molar-refractivity contribution in [3.05, 3.63) is 30.0 Å². The predicted molar refractivity (Wildman–Crippen MR) is 110 cm³/mol. The number of aliphatic hydroxyl groups excluding tert-OH is 1. The number of nitrogens with one attached hydrogen (secondary N) is 1. The van der Waals surface area contributed by atoms with Gasteiger partial charge in [-0.05, 0) is 71.2 Å². The lowest BCUT2D eigenvalue weighted by molar-refractivity contribution is -0.0253. The molecule has 0 saturated carbocycles. The van der Waals surface area contributed by atoms with Crippen LogP contribution in [0.15, 0.2) is 24.3 Å². The van der Waals surface area contributed by atoms with Crippen LogP contribution < -0.4 is 14.8 Å². The maximum atomic E-state index is 12.4. The maximum Gasteiger partial charge on any atom is 0.407 e. The van der Waals surface area contributed by atoms with Crippen molar-refractivity contribution in [1.82, 2.24) is 10.3 Å². The molecule has 1 aliphatic rings. The Morgan fingerprint density at radius 1 is 1.31 bits per heavy atom. The van der Waals surface area contributed by atoms with Gasteiger partial charge >= 0.3 is 6.09 Å². The number of aryl methyl sites for hydroxylation is 1. The van der Waals surface area contributed by atoms with Crippen molar-refractivity contribution in [3.8, 4) is 11.5 Å². The molecule has 1 aromatic heterocycles. The van der Waals surface area contributed by atoms with Crippen molar-refractivity contribution in [2.75, 3.05) is 13.2 Å². The third-order valence-corrected chi connectivity index (χ3v) is 4.64. The van der Waals surface area contributed by atoms with Crippen LogP contribution in [0.3, 0.4) is 0 Å². The van der Waals surface area contributed by atoms with E-state index in [2.05, 4.69) is 10.3 Å². The number of aromatic nitrogens is 1. The van der Waals surface area contributed by atoms with E-state index in [0.717, 1.165) is 16.6 Å². The van der Waals surface area contributed by atoms with Gasteiger partial charge in [-0.25, -0.2) is 4.79 Å². The molecule has 3 rings (SSSR count). The van der Waals surface area contributed by atoms with Gasteiger partial charge in [0.25, 0.3) is 0 Å². The number of hydrogen-bond acceptors (Lipinski definition) is 6. The highest BCUT2D eigenvalue weighted by molar-refractivity contribution is 5.88. The fourth-order valence-corrected chi connectivity index (χ4v) is 3.29. The molecular weight excluding hydrogens is 372 g/mol. The summed E-state index contributed by atoms with van der Waals surface area (Å²) in [6.45, 7) is 8.01. The van der Waals surface area contributed by atoms with E-state index in [4.69, 9.17) is 19.3 Å². The van der Waals surface area contributed by atoms with Gasteiger partial charge in [-0.3, -0.25) is 4.98 Å². The highest BCUT2D eigenvalue weighted by atomic mass is 16.6. The molecule has 29 heavy (non-hydrogen) atoms. The van der Waals surface area contributed by atoms with Crippen LogP contribution in [0.25, 0.3) is 10.9 Å². The zero-order chi connectivity index (χ0) is 21.0. The van der Waals surface area contributed by atoms with E-state index in [1.807, 2.05) is 52.0 Å². The molecule has 0 aliphatic carbocycles. The summed E-state index contributed by atoms with van der Waals surface area (Å²) in [5.41, 5.74) is 1.36. The second-order valence-corrected chi connectivity index (χ2v) is 8.42. The first kappa shape index (κ1) is 21.2. The van der Waals surface area contributed by atoms with Gasteiger partial charge in [0, 0.05) is 23.2 Å². The number of alkyl carbamates (subject to hydrolysis) is 1. The second-order valence-electron chi connectivity index (χ2n) is 8.42. The Kier molecular flexibility index (Phi) is 6.47. The first-order chi connectivity index (χ1) is 13.8. The number of carbonyl (C=O) groups excluding carboxylic acids is 1. The van der Waals surface area contributed by atoms with Crippen LogP contribution in [0.5, 0.6) is 11.5 Å². The summed E-state index contributed by atoms with van der Waals surface area (Å²) in [5.74, 6) is 1.28. The third-order valence-electron chi connectivity index (χ3n) is 4.64. The van der Waals surface area contributed by atoms with Crippen molar-refractivity contribution in [2.24, 2.45) is 0 Å². The van der Waals surface area contributed by atoms with Crippen LogP contribution in [0.2, 0.25) is 0 Å². The van der Waals surface area contributed by atoms with Crippen LogP contribution in [0.4, 0.5) is 4.79 Å². The molecule has 2 atom stereocenters. The lowest BCUT2D eigenvalue weighted by atomic mass is 10.1. The van der Waals surface area contributed by atoms with Gasteiger partial charge in [0.15, 0.2) is 17.6 Å². The Morgan fingerprint density at radius 2 is 2.10 bits per heavy atom. The molecule has 1 unspecified atom stereocenters. The minimum absolute atomic E-state index is 0.0986. The Bertz CT molecular complexity index is 862. The van der Waals surface area contributed by atoms with Gasteiger partial charge < -0.3 is 24.6 Å². The largest absolute Gasteiger partial charge is 0.486 e. The average molecular weight is 402 g/mol. The van der Waals surface area contributed by atoms with E-state index < -0.39 is 23.8 Å². The monoisotopic (exact) mass is 402 g/mol. The number of hydrogen-bond donors (Lipinski definition) is 2. The lowest BCUT2D eigenvalue weighted by Crippen LogP contribution is -2.47. The molecule has 1 amide bonds. The topological polar surface area (TPSA) is 89.9 Å². The van der Waals surface area contributed by atoms with Crippen LogP contribution in [-0.2, 0) is 4.74 Å². The number of carbonyl (C=O) groups is 1. The van der Waals surface area contributed by atoms with Gasteiger partial charge in [0.2, 0.25) is 0 Å². The van der Waals surface area contributed by atoms with E-state index in [9.17, 15) is 4.79 Å². The summed E-state index contributed by atoms with van der Waals surface area (Å²) >= 11 is 0. The maximum absolute atomic E-state index is 12.4. The smallest absolute Gasteiger partial charge is 0.407 e. The van der Waals surface area contributed by atoms with Crippen molar-refractivity contribution in [1.29, 1.82) is 0 Å². The molecule has 1 aliphatic heterocycles. The van der Waals surface area contributed by atoms with Gasteiger partial charge in [-0.15, -0.1) is 0 Å². The normalized spacial score (nSPS) is 17.1. The Morgan fingerprint density at radius 3 is 2.83 bits per heavy atom. The van der Waals surface area contributed by atoms with E-state index in [1.54, 1.807) is 0 Å². The van der Waals surface area contributed by atoms with Crippen molar-refractivity contribution in [2.45, 2.75) is 64.7 Å². The molecule has 0 fully saturated rings. The summed E-state index contributed by atoms with van der Waals surface area (Å²) in [6.07, 6.45) is 0.494. The molecule has 2 N–H and O–H groups in total. The summed E-state index contributed by atoms with van der Waals surface area (Å²) in [6, 6.07) is 7.67. The summed E-state index contributed by atoms with van der Waals surface area (Å²) in [4.78, 5) is 16.9. The molecule has 2 heterocycles. The highest BCUT2D eigenvalue weighted by Crippen LogP contribution is 2.39. The zero-order valence-electron chi connectivity index (χ0n) is 17.5. The van der Waals surface area contributed by atoms with Crippen LogP contribution in [0.1, 0.15) is 45.7 Å². The number of benzene rings is 1. The SMILES string of the molecule is Cc1ccc2c3c(ccc2n1)OC[C@@H](C(CCCCO)OC(=O)NC(C)(C)C)O3. The molecule has 0 saturated heterocycles. The third kappa shape index (κ3) is 5.50. The Hall–Kier alpha value is -2.54. The van der Waals surface area contributed by atoms with E-state index in [-0.39, 0.29) is 13.2 Å². The number of unbranched alkanes of at least 4 members (excludes halogenated alkanes) is 1. The minimum atomic E-state index is -0.495. The Labute approximate surface area is 171 Å². The molecule has 0 spiro atoms. The number of pyridine rings is 1. The average Bonchev–Trinajstić information content (AvgIpc) is 2.65. The van der Waals surface area contributed by atoms with Crippen LogP contribution in [0, 0.1) is 6.92 Å². The van der Waals surface area contributed by atoms with Gasteiger partial charge in [0.05, 0.1) is 5.52 Å². The van der Waals surface area contributed by atoms with Gasteiger partial charge in [-0.1, -0.05) is 0 Å². The molecule has 7 heteroatoms. The minimum Gasteiger partial charge on any atom is -0.486 e. The number of fused-ring (bicyclic) bond motifs is 3. The highest BCUT2D eigenvalue weighted by Gasteiger charge is 2.33. The summed E-state index contributed by atoms with van der Waals surface area (Å²) in [5, 5.41) is 12.8.